The second kappa shape index (κ2) is 8.87. The van der Waals surface area contributed by atoms with Gasteiger partial charge in [-0.3, -0.25) is 4.79 Å². The molecule has 1 aliphatic heterocycles. The summed E-state index contributed by atoms with van der Waals surface area (Å²) >= 11 is 6.24. The number of benzene rings is 1. The van der Waals surface area contributed by atoms with Crippen LogP contribution in [0.1, 0.15) is 43.0 Å². The van der Waals surface area contributed by atoms with Crippen molar-refractivity contribution in [1.29, 1.82) is 0 Å². The number of amides is 1. The lowest BCUT2D eigenvalue weighted by molar-refractivity contribution is 0.0953. The van der Waals surface area contributed by atoms with Crippen LogP contribution in [0.25, 0.3) is 0 Å². The van der Waals surface area contributed by atoms with Crippen LogP contribution in [-0.4, -0.2) is 50.6 Å². The summed E-state index contributed by atoms with van der Waals surface area (Å²) in [7, 11) is -3.15. The molecular weight excluding hydrogens is 364 g/mol. The standard InChI is InChI=1S/C17H25ClN2O4S/c1-3-4-9-19-17(21)13-5-6-16(15(18)12-13)24-14-7-10-20(11-8-14)25(2,22)23/h5-6,12,14H,3-4,7-11H2,1-2H3,(H,19,21). The minimum absolute atomic E-state index is 0.0836. The molecule has 0 aliphatic carbocycles. The molecule has 1 aliphatic rings. The maximum absolute atomic E-state index is 12.0. The van der Waals surface area contributed by atoms with Gasteiger partial charge >= 0.3 is 0 Å². The smallest absolute Gasteiger partial charge is 0.251 e. The van der Waals surface area contributed by atoms with Crippen LogP contribution in [0.15, 0.2) is 18.2 Å². The van der Waals surface area contributed by atoms with Gasteiger partial charge in [-0.2, -0.15) is 0 Å². The lowest BCUT2D eigenvalue weighted by Gasteiger charge is -2.30. The Labute approximate surface area is 154 Å². The summed E-state index contributed by atoms with van der Waals surface area (Å²) in [5, 5.41) is 3.23. The molecule has 1 fully saturated rings. The van der Waals surface area contributed by atoms with E-state index in [1.54, 1.807) is 18.2 Å². The predicted octanol–water partition coefficient (Wildman–Crippen LogP) is 2.67. The Kier molecular flexibility index (Phi) is 7.10. The number of halogens is 1. The maximum atomic E-state index is 12.0. The fourth-order valence-electron chi connectivity index (χ4n) is 2.68. The van der Waals surface area contributed by atoms with Gasteiger partial charge in [0.1, 0.15) is 11.9 Å². The summed E-state index contributed by atoms with van der Waals surface area (Å²) < 4.78 is 30.4. The van der Waals surface area contributed by atoms with Crippen molar-refractivity contribution in [1.82, 2.24) is 9.62 Å². The summed E-state index contributed by atoms with van der Waals surface area (Å²) in [6.45, 7) is 3.59. The van der Waals surface area contributed by atoms with Gasteiger partial charge in [-0.25, -0.2) is 12.7 Å². The molecule has 1 saturated heterocycles. The van der Waals surface area contributed by atoms with Gasteiger partial charge in [-0.05, 0) is 37.5 Å². The molecule has 1 aromatic carbocycles. The van der Waals surface area contributed by atoms with E-state index in [9.17, 15) is 13.2 Å². The highest BCUT2D eigenvalue weighted by Gasteiger charge is 2.26. The summed E-state index contributed by atoms with van der Waals surface area (Å²) in [4.78, 5) is 12.0. The number of hydrogen-bond acceptors (Lipinski definition) is 4. The van der Waals surface area contributed by atoms with E-state index in [0.29, 0.717) is 48.8 Å². The van der Waals surface area contributed by atoms with Crippen molar-refractivity contribution in [2.45, 2.75) is 38.7 Å². The van der Waals surface area contributed by atoms with E-state index in [4.69, 9.17) is 16.3 Å². The molecule has 1 N–H and O–H groups in total. The number of sulfonamides is 1. The molecule has 0 atom stereocenters. The first-order valence-corrected chi connectivity index (χ1v) is 10.7. The van der Waals surface area contributed by atoms with E-state index in [2.05, 4.69) is 12.2 Å². The fourth-order valence-corrected chi connectivity index (χ4v) is 3.78. The van der Waals surface area contributed by atoms with Crippen molar-refractivity contribution >= 4 is 27.5 Å². The van der Waals surface area contributed by atoms with E-state index in [-0.39, 0.29) is 12.0 Å². The van der Waals surface area contributed by atoms with E-state index in [1.165, 1.54) is 10.6 Å². The highest BCUT2D eigenvalue weighted by molar-refractivity contribution is 7.88. The summed E-state index contributed by atoms with van der Waals surface area (Å²) in [5.74, 6) is 0.368. The van der Waals surface area contributed by atoms with Gasteiger partial charge in [0.25, 0.3) is 5.91 Å². The third kappa shape index (κ3) is 5.87. The highest BCUT2D eigenvalue weighted by atomic mass is 35.5. The number of carbonyl (C=O) groups excluding carboxylic acids is 1. The number of nitrogens with zero attached hydrogens (tertiary/aromatic N) is 1. The molecule has 1 aromatic rings. The molecular formula is C17H25ClN2O4S. The average Bonchev–Trinajstić information content (AvgIpc) is 2.56. The van der Waals surface area contributed by atoms with Crippen molar-refractivity contribution in [3.05, 3.63) is 28.8 Å². The van der Waals surface area contributed by atoms with Gasteiger partial charge in [-0.1, -0.05) is 24.9 Å². The molecule has 25 heavy (non-hydrogen) atoms. The molecule has 0 radical (unpaired) electrons. The Bertz CT molecular complexity index is 701. The molecule has 1 amide bonds. The second-order valence-electron chi connectivity index (χ2n) is 6.23. The highest BCUT2D eigenvalue weighted by Crippen LogP contribution is 2.28. The molecule has 6 nitrogen and oxygen atoms in total. The van der Waals surface area contributed by atoms with Crippen molar-refractivity contribution in [2.75, 3.05) is 25.9 Å². The lowest BCUT2D eigenvalue weighted by Crippen LogP contribution is -2.41. The fraction of sp³-hybridized carbons (Fsp3) is 0.588. The van der Waals surface area contributed by atoms with Gasteiger partial charge in [-0.15, -0.1) is 0 Å². The van der Waals surface area contributed by atoms with Gasteiger partial charge in [0.2, 0.25) is 10.0 Å². The quantitative estimate of drug-likeness (QED) is 0.728. The molecule has 0 saturated carbocycles. The molecule has 0 spiro atoms. The lowest BCUT2D eigenvalue weighted by atomic mass is 10.1. The van der Waals surface area contributed by atoms with Crippen molar-refractivity contribution < 1.29 is 17.9 Å². The summed E-state index contributed by atoms with van der Waals surface area (Å²) in [6.07, 6.45) is 4.32. The number of ether oxygens (including phenoxy) is 1. The van der Waals surface area contributed by atoms with Crippen molar-refractivity contribution in [3.63, 3.8) is 0 Å². The summed E-state index contributed by atoms with van der Waals surface area (Å²) in [6, 6.07) is 4.98. The van der Waals surface area contributed by atoms with E-state index < -0.39 is 10.0 Å². The Hall–Kier alpha value is -1.31. The normalized spacial score (nSPS) is 16.6. The molecule has 0 bridgehead atoms. The van der Waals surface area contributed by atoms with Crippen molar-refractivity contribution in [3.8, 4) is 5.75 Å². The number of carbonyl (C=O) groups is 1. The van der Waals surface area contributed by atoms with Crippen LogP contribution in [0.2, 0.25) is 5.02 Å². The second-order valence-corrected chi connectivity index (χ2v) is 8.62. The number of hydrogen-bond donors (Lipinski definition) is 1. The van der Waals surface area contributed by atoms with Crippen LogP contribution in [0.3, 0.4) is 0 Å². The minimum Gasteiger partial charge on any atom is -0.489 e. The molecule has 140 valence electrons. The van der Waals surface area contributed by atoms with Crippen LogP contribution in [0.4, 0.5) is 0 Å². The third-order valence-electron chi connectivity index (χ3n) is 4.17. The zero-order chi connectivity index (χ0) is 18.4. The third-order valence-corrected chi connectivity index (χ3v) is 5.77. The van der Waals surface area contributed by atoms with Crippen LogP contribution in [0.5, 0.6) is 5.75 Å². The van der Waals surface area contributed by atoms with E-state index in [1.807, 2.05) is 0 Å². The van der Waals surface area contributed by atoms with Crippen LogP contribution < -0.4 is 10.1 Å². The topological polar surface area (TPSA) is 75.7 Å². The van der Waals surface area contributed by atoms with E-state index >= 15 is 0 Å². The maximum Gasteiger partial charge on any atom is 0.251 e. The van der Waals surface area contributed by atoms with E-state index in [0.717, 1.165) is 12.8 Å². The largest absolute Gasteiger partial charge is 0.489 e. The van der Waals surface area contributed by atoms with Crippen molar-refractivity contribution in [2.24, 2.45) is 0 Å². The molecule has 0 aromatic heterocycles. The number of unbranched alkanes of at least 4 members (excludes halogenated alkanes) is 1. The van der Waals surface area contributed by atoms with Crippen LogP contribution >= 0.6 is 11.6 Å². The van der Waals surface area contributed by atoms with Crippen LogP contribution in [-0.2, 0) is 10.0 Å². The molecule has 2 rings (SSSR count). The van der Waals surface area contributed by atoms with Gasteiger partial charge in [0.05, 0.1) is 11.3 Å². The minimum atomic E-state index is -3.15. The first kappa shape index (κ1) is 20.0. The monoisotopic (exact) mass is 388 g/mol. The SMILES string of the molecule is CCCCNC(=O)c1ccc(OC2CCN(S(C)(=O)=O)CC2)c(Cl)c1. The Morgan fingerprint density at radius 3 is 2.60 bits per heavy atom. The average molecular weight is 389 g/mol. The first-order chi connectivity index (χ1) is 11.8. The molecule has 1 heterocycles. The zero-order valence-electron chi connectivity index (χ0n) is 14.6. The number of rotatable bonds is 7. The Morgan fingerprint density at radius 1 is 1.36 bits per heavy atom. The zero-order valence-corrected chi connectivity index (χ0v) is 16.2. The Balaban J connectivity index is 1.92. The van der Waals surface area contributed by atoms with Gasteiger partial charge in [0, 0.05) is 25.2 Å². The number of nitrogens with one attached hydrogen (secondary N) is 1. The molecule has 0 unspecified atom stereocenters. The van der Waals surface area contributed by atoms with Gasteiger partial charge < -0.3 is 10.1 Å². The number of piperidine rings is 1. The predicted molar refractivity (Wildman–Crippen MR) is 98.8 cm³/mol. The Morgan fingerprint density at radius 2 is 2.04 bits per heavy atom. The van der Waals surface area contributed by atoms with Crippen LogP contribution in [0, 0.1) is 0 Å². The summed E-state index contributed by atoms with van der Waals surface area (Å²) in [5.41, 5.74) is 0.500. The first-order valence-electron chi connectivity index (χ1n) is 8.50. The van der Waals surface area contributed by atoms with Gasteiger partial charge in [0.15, 0.2) is 0 Å². The molecule has 8 heteroatoms.